The van der Waals surface area contributed by atoms with Gasteiger partial charge >= 0.3 is 0 Å². The van der Waals surface area contributed by atoms with Crippen LogP contribution in [0.3, 0.4) is 0 Å². The molecule has 4 N–H and O–H groups in total. The molecule has 2 amide bonds. The fourth-order valence-electron chi connectivity index (χ4n) is 1.37. The second-order valence-corrected chi connectivity index (χ2v) is 3.65. The summed E-state index contributed by atoms with van der Waals surface area (Å²) in [4.78, 5) is 22.3. The van der Waals surface area contributed by atoms with Gasteiger partial charge in [0.2, 0.25) is 11.8 Å². The summed E-state index contributed by atoms with van der Waals surface area (Å²) in [5.74, 6) is -0.366. The Hall–Kier alpha value is -1.75. The van der Waals surface area contributed by atoms with E-state index in [0.717, 1.165) is 5.56 Å². The van der Waals surface area contributed by atoms with E-state index >= 15 is 0 Å². The molecule has 0 bridgehead atoms. The van der Waals surface area contributed by atoms with Gasteiger partial charge in [0.1, 0.15) is 0 Å². The van der Waals surface area contributed by atoms with Gasteiger partial charge in [-0.15, -0.1) is 12.4 Å². The van der Waals surface area contributed by atoms with Crippen molar-refractivity contribution >= 4 is 29.9 Å². The van der Waals surface area contributed by atoms with Crippen LogP contribution in [-0.4, -0.2) is 25.4 Å². The average Bonchev–Trinajstić information content (AvgIpc) is 2.35. The van der Waals surface area contributed by atoms with E-state index in [2.05, 4.69) is 10.6 Å². The first-order chi connectivity index (χ1) is 8.13. The Balaban J connectivity index is 0.00000289. The van der Waals surface area contributed by atoms with Gasteiger partial charge in [0.15, 0.2) is 0 Å². The van der Waals surface area contributed by atoms with Crippen LogP contribution in [0.4, 0.5) is 5.69 Å². The number of hydrogen-bond acceptors (Lipinski definition) is 3. The fraction of sp³-hybridized carbons (Fsp3) is 0.333. The number of para-hydroxylation sites is 1. The summed E-state index contributed by atoms with van der Waals surface area (Å²) in [6.45, 7) is 0.0135. The lowest BCUT2D eigenvalue weighted by Gasteiger charge is -2.06. The third-order valence-electron chi connectivity index (χ3n) is 2.40. The fourth-order valence-corrected chi connectivity index (χ4v) is 1.37. The molecule has 5 nitrogen and oxygen atoms in total. The van der Waals surface area contributed by atoms with Crippen molar-refractivity contribution in [1.82, 2.24) is 10.6 Å². The molecular formula is C12H18ClN3O2. The van der Waals surface area contributed by atoms with Crippen LogP contribution < -0.4 is 16.4 Å². The van der Waals surface area contributed by atoms with Crippen molar-refractivity contribution in [2.24, 2.45) is 0 Å². The van der Waals surface area contributed by atoms with Crippen LogP contribution in [0.25, 0.3) is 0 Å². The molecule has 100 valence electrons. The minimum absolute atomic E-state index is 0. The van der Waals surface area contributed by atoms with E-state index in [0.29, 0.717) is 18.5 Å². The minimum atomic E-state index is -0.211. The maximum atomic E-state index is 11.4. The van der Waals surface area contributed by atoms with Gasteiger partial charge in [-0.25, -0.2) is 0 Å². The molecule has 0 saturated carbocycles. The van der Waals surface area contributed by atoms with Crippen LogP contribution in [0.15, 0.2) is 24.3 Å². The Labute approximate surface area is 113 Å². The summed E-state index contributed by atoms with van der Waals surface area (Å²) in [5, 5.41) is 4.96. The topological polar surface area (TPSA) is 84.2 Å². The van der Waals surface area contributed by atoms with Gasteiger partial charge in [0.05, 0.1) is 6.54 Å². The SMILES string of the molecule is CNC(=O)CNC(=O)CCc1ccccc1N.Cl. The molecule has 0 saturated heterocycles. The molecule has 0 aromatic heterocycles. The molecule has 1 aromatic carbocycles. The summed E-state index contributed by atoms with van der Waals surface area (Å²) < 4.78 is 0. The Morgan fingerprint density at radius 3 is 2.50 bits per heavy atom. The van der Waals surface area contributed by atoms with Gasteiger partial charge in [-0.2, -0.15) is 0 Å². The highest BCUT2D eigenvalue weighted by molar-refractivity contribution is 5.85. The Morgan fingerprint density at radius 2 is 1.89 bits per heavy atom. The first-order valence-electron chi connectivity index (χ1n) is 5.44. The van der Waals surface area contributed by atoms with Crippen molar-refractivity contribution < 1.29 is 9.59 Å². The molecule has 0 unspecified atom stereocenters. The van der Waals surface area contributed by atoms with Gasteiger partial charge < -0.3 is 16.4 Å². The monoisotopic (exact) mass is 271 g/mol. The first kappa shape index (κ1) is 16.2. The number of carbonyl (C=O) groups is 2. The maximum absolute atomic E-state index is 11.4. The van der Waals surface area contributed by atoms with Crippen LogP contribution in [0.2, 0.25) is 0 Å². The lowest BCUT2D eigenvalue weighted by Crippen LogP contribution is -2.35. The molecule has 1 aromatic rings. The molecule has 0 aliphatic heterocycles. The van der Waals surface area contributed by atoms with E-state index in [1.54, 1.807) is 6.07 Å². The average molecular weight is 272 g/mol. The van der Waals surface area contributed by atoms with Gasteiger partial charge in [-0.05, 0) is 18.1 Å². The smallest absolute Gasteiger partial charge is 0.239 e. The zero-order valence-corrected chi connectivity index (χ0v) is 11.0. The Kier molecular flexibility index (Phi) is 7.54. The number of hydrogen-bond donors (Lipinski definition) is 3. The van der Waals surface area contributed by atoms with Crippen LogP contribution in [0.5, 0.6) is 0 Å². The van der Waals surface area contributed by atoms with E-state index in [1.165, 1.54) is 7.05 Å². The number of halogens is 1. The standard InChI is InChI=1S/C12H17N3O2.ClH/c1-14-12(17)8-15-11(16)7-6-9-4-2-3-5-10(9)13;/h2-5H,6-8,13H2,1H3,(H,14,17)(H,15,16);1H. The van der Waals surface area contributed by atoms with E-state index in [-0.39, 0.29) is 30.8 Å². The van der Waals surface area contributed by atoms with Crippen molar-refractivity contribution in [3.8, 4) is 0 Å². The number of nitrogens with one attached hydrogen (secondary N) is 2. The number of nitrogen functional groups attached to an aromatic ring is 1. The molecule has 0 aliphatic carbocycles. The number of carbonyl (C=O) groups excluding carboxylic acids is 2. The number of likely N-dealkylation sites (N-methyl/N-ethyl adjacent to an activating group) is 1. The molecule has 0 aliphatic rings. The summed E-state index contributed by atoms with van der Waals surface area (Å²) in [7, 11) is 1.53. The normalized spacial score (nSPS) is 9.17. The van der Waals surface area contributed by atoms with Crippen molar-refractivity contribution in [3.63, 3.8) is 0 Å². The van der Waals surface area contributed by atoms with Gasteiger partial charge in [0.25, 0.3) is 0 Å². The van der Waals surface area contributed by atoms with Gasteiger partial charge in [-0.3, -0.25) is 9.59 Å². The molecule has 0 atom stereocenters. The molecule has 0 radical (unpaired) electrons. The molecule has 0 fully saturated rings. The third kappa shape index (κ3) is 5.54. The molecule has 18 heavy (non-hydrogen) atoms. The summed E-state index contributed by atoms with van der Waals surface area (Å²) >= 11 is 0. The predicted molar refractivity (Wildman–Crippen MR) is 73.5 cm³/mol. The highest BCUT2D eigenvalue weighted by Gasteiger charge is 2.05. The Morgan fingerprint density at radius 1 is 1.22 bits per heavy atom. The second-order valence-electron chi connectivity index (χ2n) is 3.65. The number of amides is 2. The van der Waals surface area contributed by atoms with E-state index < -0.39 is 0 Å². The highest BCUT2D eigenvalue weighted by Crippen LogP contribution is 2.12. The van der Waals surface area contributed by atoms with Gasteiger partial charge in [0, 0.05) is 19.2 Å². The zero-order chi connectivity index (χ0) is 12.7. The van der Waals surface area contributed by atoms with E-state index in [1.807, 2.05) is 18.2 Å². The largest absolute Gasteiger partial charge is 0.399 e. The van der Waals surface area contributed by atoms with E-state index in [9.17, 15) is 9.59 Å². The van der Waals surface area contributed by atoms with Crippen LogP contribution in [-0.2, 0) is 16.0 Å². The maximum Gasteiger partial charge on any atom is 0.239 e. The predicted octanol–water partition coefficient (Wildman–Crippen LogP) is 0.485. The molecule has 6 heteroatoms. The lowest BCUT2D eigenvalue weighted by atomic mass is 10.1. The number of nitrogens with two attached hydrogens (primary N) is 1. The highest BCUT2D eigenvalue weighted by atomic mass is 35.5. The van der Waals surface area contributed by atoms with Crippen molar-refractivity contribution in [3.05, 3.63) is 29.8 Å². The number of benzene rings is 1. The minimum Gasteiger partial charge on any atom is -0.399 e. The van der Waals surface area contributed by atoms with Crippen molar-refractivity contribution in [1.29, 1.82) is 0 Å². The summed E-state index contributed by atoms with van der Waals surface area (Å²) in [6.07, 6.45) is 0.900. The quantitative estimate of drug-likeness (QED) is 0.681. The zero-order valence-electron chi connectivity index (χ0n) is 10.2. The number of aryl methyl sites for hydroxylation is 1. The third-order valence-corrected chi connectivity index (χ3v) is 2.40. The summed E-state index contributed by atoms with van der Waals surface area (Å²) in [6, 6.07) is 7.43. The molecule has 1 rings (SSSR count). The van der Waals surface area contributed by atoms with Crippen molar-refractivity contribution in [2.75, 3.05) is 19.3 Å². The number of anilines is 1. The Bertz CT molecular complexity index is 410. The second kappa shape index (κ2) is 8.36. The van der Waals surface area contributed by atoms with Crippen LogP contribution in [0, 0.1) is 0 Å². The van der Waals surface area contributed by atoms with Gasteiger partial charge in [-0.1, -0.05) is 18.2 Å². The first-order valence-corrected chi connectivity index (χ1v) is 5.44. The molecular weight excluding hydrogens is 254 g/mol. The van der Waals surface area contributed by atoms with Crippen LogP contribution in [0.1, 0.15) is 12.0 Å². The summed E-state index contributed by atoms with van der Waals surface area (Å²) in [5.41, 5.74) is 7.39. The van der Waals surface area contributed by atoms with E-state index in [4.69, 9.17) is 5.73 Å². The molecule has 0 heterocycles. The molecule has 0 spiro atoms. The lowest BCUT2D eigenvalue weighted by molar-refractivity contribution is -0.125. The van der Waals surface area contributed by atoms with Crippen LogP contribution >= 0.6 is 12.4 Å². The number of rotatable bonds is 5. The van der Waals surface area contributed by atoms with Crippen molar-refractivity contribution in [2.45, 2.75) is 12.8 Å².